The van der Waals surface area contributed by atoms with E-state index in [1.54, 1.807) is 12.1 Å². The highest BCUT2D eigenvalue weighted by Gasteiger charge is 2.39. The normalized spacial score (nSPS) is 12.9. The van der Waals surface area contributed by atoms with Crippen molar-refractivity contribution < 1.29 is 22.8 Å². The van der Waals surface area contributed by atoms with E-state index < -0.39 is 23.3 Å². The Morgan fingerprint density at radius 2 is 1.78 bits per heavy atom. The van der Waals surface area contributed by atoms with Gasteiger partial charge in [-0.1, -0.05) is 48.7 Å². The molecule has 1 amide bonds. The summed E-state index contributed by atoms with van der Waals surface area (Å²) in [6.45, 7) is 13.0. The lowest BCUT2D eigenvalue weighted by molar-refractivity contribution is -0.141. The number of aromatic nitrogens is 2. The number of carbonyl (C=O) groups excluding carboxylic acids is 1. The van der Waals surface area contributed by atoms with Crippen LogP contribution in [0.15, 0.2) is 66.6 Å². The molecule has 32 heavy (non-hydrogen) atoms. The number of hydrogen-bond donors (Lipinski definition) is 1. The molecule has 1 aromatic heterocycles. The number of carbonyl (C=O) groups is 1. The molecule has 1 N–H and O–H groups in total. The molecular weight excluding hydrogens is 421 g/mol. The van der Waals surface area contributed by atoms with Crippen molar-refractivity contribution in [2.45, 2.75) is 33.1 Å². The standard InChI is InChI=1S/C23H25F3N4O2/c1-7-18(17-11-9-16(10-12-17)15(5)29-32-14(3)4)20(8-2)27-22(31)19-13-30(6)28-21(19)23(24,25)26/h7-14H,1-2H2,3-6H3,(H,27,31)/b20-18-,29-15-. The van der Waals surface area contributed by atoms with Gasteiger partial charge in [0.05, 0.1) is 11.3 Å². The summed E-state index contributed by atoms with van der Waals surface area (Å²) in [6, 6.07) is 7.18. The molecule has 2 aromatic rings. The Kier molecular flexibility index (Phi) is 7.80. The zero-order chi connectivity index (χ0) is 24.1. The topological polar surface area (TPSA) is 68.5 Å². The van der Waals surface area contributed by atoms with Crippen LogP contribution in [0.5, 0.6) is 0 Å². The Morgan fingerprint density at radius 3 is 2.28 bits per heavy atom. The third-order valence-electron chi connectivity index (χ3n) is 4.30. The lowest BCUT2D eigenvalue weighted by Gasteiger charge is -2.13. The van der Waals surface area contributed by atoms with Crippen LogP contribution < -0.4 is 5.32 Å². The van der Waals surface area contributed by atoms with E-state index in [9.17, 15) is 18.0 Å². The van der Waals surface area contributed by atoms with Gasteiger partial charge in [0.1, 0.15) is 6.10 Å². The number of amides is 1. The molecule has 0 unspecified atom stereocenters. The van der Waals surface area contributed by atoms with Crippen LogP contribution in [0.1, 0.15) is 48.0 Å². The Bertz CT molecular complexity index is 1060. The van der Waals surface area contributed by atoms with E-state index in [0.29, 0.717) is 16.8 Å². The predicted octanol–water partition coefficient (Wildman–Crippen LogP) is 5.10. The maximum atomic E-state index is 13.2. The molecule has 0 aliphatic heterocycles. The Balaban J connectivity index is 2.36. The first-order valence-corrected chi connectivity index (χ1v) is 9.70. The number of nitrogens with zero attached hydrogens (tertiary/aromatic N) is 3. The number of hydrogen-bond acceptors (Lipinski definition) is 4. The third kappa shape index (κ3) is 5.96. The van der Waals surface area contributed by atoms with Crippen molar-refractivity contribution in [1.29, 1.82) is 0 Å². The molecule has 0 saturated heterocycles. The van der Waals surface area contributed by atoms with Gasteiger partial charge >= 0.3 is 6.18 Å². The van der Waals surface area contributed by atoms with E-state index in [4.69, 9.17) is 4.84 Å². The van der Waals surface area contributed by atoms with Gasteiger partial charge in [-0.05, 0) is 38.0 Å². The molecule has 0 aliphatic rings. The lowest BCUT2D eigenvalue weighted by Crippen LogP contribution is -2.25. The van der Waals surface area contributed by atoms with Crippen molar-refractivity contribution in [3.05, 3.63) is 83.9 Å². The minimum absolute atomic E-state index is 0.0454. The van der Waals surface area contributed by atoms with E-state index in [1.807, 2.05) is 32.9 Å². The number of rotatable bonds is 8. The van der Waals surface area contributed by atoms with Crippen molar-refractivity contribution in [3.63, 3.8) is 0 Å². The summed E-state index contributed by atoms with van der Waals surface area (Å²) in [5.74, 6) is -0.954. The van der Waals surface area contributed by atoms with E-state index in [0.717, 1.165) is 16.4 Å². The Morgan fingerprint density at radius 1 is 1.19 bits per heavy atom. The van der Waals surface area contributed by atoms with Gasteiger partial charge in [0, 0.05) is 24.5 Å². The van der Waals surface area contributed by atoms with Gasteiger partial charge in [-0.25, -0.2) is 0 Å². The molecule has 6 nitrogen and oxygen atoms in total. The van der Waals surface area contributed by atoms with Gasteiger partial charge < -0.3 is 10.2 Å². The fraction of sp³-hybridized carbons (Fsp3) is 0.261. The molecule has 9 heteroatoms. The first kappa shape index (κ1) is 24.6. The van der Waals surface area contributed by atoms with E-state index >= 15 is 0 Å². The zero-order valence-electron chi connectivity index (χ0n) is 18.3. The van der Waals surface area contributed by atoms with Crippen molar-refractivity contribution in [2.24, 2.45) is 12.2 Å². The molecule has 0 saturated carbocycles. The van der Waals surface area contributed by atoms with Crippen LogP contribution in [0, 0.1) is 0 Å². The first-order chi connectivity index (χ1) is 15.0. The number of allylic oxidation sites excluding steroid dienone is 3. The maximum absolute atomic E-state index is 13.2. The molecule has 0 aliphatic carbocycles. The predicted molar refractivity (Wildman–Crippen MR) is 118 cm³/mol. The third-order valence-corrected chi connectivity index (χ3v) is 4.30. The maximum Gasteiger partial charge on any atom is 0.435 e. The van der Waals surface area contributed by atoms with Crippen molar-refractivity contribution in [1.82, 2.24) is 15.1 Å². The molecule has 1 aromatic carbocycles. The monoisotopic (exact) mass is 446 g/mol. The first-order valence-electron chi connectivity index (χ1n) is 9.70. The molecule has 0 atom stereocenters. The van der Waals surface area contributed by atoms with Gasteiger partial charge in [-0.3, -0.25) is 9.48 Å². The zero-order valence-corrected chi connectivity index (χ0v) is 18.3. The highest BCUT2D eigenvalue weighted by Crippen LogP contribution is 2.31. The molecule has 1 heterocycles. The van der Waals surface area contributed by atoms with Crippen LogP contribution in [0.3, 0.4) is 0 Å². The summed E-state index contributed by atoms with van der Waals surface area (Å²) in [7, 11) is 1.31. The second-order valence-electron chi connectivity index (χ2n) is 7.16. The molecule has 0 radical (unpaired) electrons. The minimum atomic E-state index is -4.76. The van der Waals surface area contributed by atoms with Crippen LogP contribution in [-0.2, 0) is 18.1 Å². The smallest absolute Gasteiger partial charge is 0.393 e. The second-order valence-corrected chi connectivity index (χ2v) is 7.16. The molecule has 170 valence electrons. The second kappa shape index (κ2) is 10.1. The highest BCUT2D eigenvalue weighted by molar-refractivity contribution is 5.99. The fourth-order valence-corrected chi connectivity index (χ4v) is 2.79. The van der Waals surface area contributed by atoms with Crippen LogP contribution in [0.4, 0.5) is 13.2 Å². The van der Waals surface area contributed by atoms with E-state index in [-0.39, 0.29) is 11.8 Å². The highest BCUT2D eigenvalue weighted by atomic mass is 19.4. The Hall–Kier alpha value is -3.62. The number of halogens is 3. The number of aryl methyl sites for hydroxylation is 1. The van der Waals surface area contributed by atoms with Gasteiger partial charge in [0.25, 0.3) is 5.91 Å². The van der Waals surface area contributed by atoms with Crippen LogP contribution in [0.25, 0.3) is 5.57 Å². The number of benzene rings is 1. The van der Waals surface area contributed by atoms with Gasteiger partial charge in [0.2, 0.25) is 0 Å². The van der Waals surface area contributed by atoms with E-state index in [2.05, 4.69) is 28.7 Å². The molecular formula is C23H25F3N4O2. The number of oxime groups is 1. The van der Waals surface area contributed by atoms with E-state index in [1.165, 1.54) is 19.2 Å². The molecule has 0 fully saturated rings. The summed E-state index contributed by atoms with van der Waals surface area (Å²) in [4.78, 5) is 17.9. The number of alkyl halides is 3. The largest absolute Gasteiger partial charge is 0.435 e. The van der Waals surface area contributed by atoms with Crippen molar-refractivity contribution in [2.75, 3.05) is 0 Å². The summed E-state index contributed by atoms with van der Waals surface area (Å²) in [6.07, 6.45) is -0.959. The Labute approximate surface area is 184 Å². The summed E-state index contributed by atoms with van der Waals surface area (Å²) in [5, 5.41) is 9.90. The minimum Gasteiger partial charge on any atom is -0.393 e. The lowest BCUT2D eigenvalue weighted by atomic mass is 10.0. The van der Waals surface area contributed by atoms with Crippen molar-refractivity contribution in [3.8, 4) is 0 Å². The van der Waals surface area contributed by atoms with Crippen LogP contribution in [-0.4, -0.2) is 27.5 Å². The average Bonchev–Trinajstić information content (AvgIpc) is 3.14. The van der Waals surface area contributed by atoms with Gasteiger partial charge in [-0.15, -0.1) is 0 Å². The number of nitrogens with one attached hydrogen (secondary N) is 1. The summed E-state index contributed by atoms with van der Waals surface area (Å²) < 4.78 is 40.6. The molecule has 2 rings (SSSR count). The van der Waals surface area contributed by atoms with Crippen LogP contribution in [0.2, 0.25) is 0 Å². The van der Waals surface area contributed by atoms with Crippen molar-refractivity contribution >= 4 is 17.2 Å². The van der Waals surface area contributed by atoms with Crippen LogP contribution >= 0.6 is 0 Å². The van der Waals surface area contributed by atoms with Gasteiger partial charge in [0.15, 0.2) is 5.69 Å². The molecule has 0 spiro atoms. The quantitative estimate of drug-likeness (QED) is 0.348. The summed E-state index contributed by atoms with van der Waals surface area (Å²) in [5.41, 5.74) is 1.04. The van der Waals surface area contributed by atoms with Gasteiger partial charge in [-0.2, -0.15) is 18.3 Å². The summed E-state index contributed by atoms with van der Waals surface area (Å²) >= 11 is 0. The fourth-order valence-electron chi connectivity index (χ4n) is 2.79. The molecule has 0 bridgehead atoms. The SMILES string of the molecule is C=C/C(NC(=O)c1cn(C)nc1C(F)(F)F)=C(\C=C)c1ccc(/C(C)=N\OC(C)C)cc1. The average molecular weight is 446 g/mol.